The highest BCUT2D eigenvalue weighted by atomic mass is 16.5. The summed E-state index contributed by atoms with van der Waals surface area (Å²) in [5.41, 5.74) is 0.226. The number of carbonyl (C=O) groups excluding carboxylic acids is 3. The summed E-state index contributed by atoms with van der Waals surface area (Å²) in [7, 11) is 0. The molecule has 2 aromatic heterocycles. The number of hydrogen-bond acceptors (Lipinski definition) is 9. The lowest BCUT2D eigenvalue weighted by Crippen LogP contribution is -2.59. The van der Waals surface area contributed by atoms with Crippen LogP contribution in [-0.2, 0) is 11.2 Å². The molecule has 2 aromatic rings. The van der Waals surface area contributed by atoms with Crippen LogP contribution in [0.15, 0.2) is 22.8 Å². The molecule has 41 heavy (non-hydrogen) atoms. The molecular weight excluding hydrogens is 532 g/mol. The molecule has 0 saturated carbocycles. The fourth-order valence-electron chi connectivity index (χ4n) is 5.39. The number of aliphatic hydroxyl groups is 1. The number of amides is 4. The van der Waals surface area contributed by atoms with Gasteiger partial charge >= 0.3 is 6.03 Å². The monoisotopic (exact) mass is 570 g/mol. The fourth-order valence-corrected chi connectivity index (χ4v) is 5.39. The van der Waals surface area contributed by atoms with Crippen LogP contribution in [0.2, 0.25) is 0 Å². The number of piperazine rings is 1. The third-order valence-electron chi connectivity index (χ3n) is 7.37. The van der Waals surface area contributed by atoms with Crippen LogP contribution in [0.5, 0.6) is 5.88 Å². The standard InChI is InChI=1S/C28H38N6O7/c1-17(2)41-26-20(29-24(36)19-16-40-21-13-28(3,4)31-25(37)23(19)21)5-6-22(30-26)34-8-7-33(14-18(34)15-35)27(38)32-9-11-39-12-10-32/h5-6,16-18,35H,7-15H2,1-4H3,(H,29,36)(H,31,37). The van der Waals surface area contributed by atoms with Crippen LogP contribution < -0.4 is 20.3 Å². The van der Waals surface area contributed by atoms with Crippen molar-refractivity contribution in [1.82, 2.24) is 20.1 Å². The molecule has 3 aliphatic heterocycles. The van der Waals surface area contributed by atoms with E-state index in [0.717, 1.165) is 0 Å². The van der Waals surface area contributed by atoms with E-state index in [4.69, 9.17) is 18.9 Å². The molecule has 2 saturated heterocycles. The van der Waals surface area contributed by atoms with Crippen molar-refractivity contribution in [1.29, 1.82) is 0 Å². The number of morpholine rings is 1. The highest BCUT2D eigenvalue weighted by molar-refractivity contribution is 6.13. The van der Waals surface area contributed by atoms with Gasteiger partial charge in [-0.3, -0.25) is 9.59 Å². The maximum atomic E-state index is 13.3. The SMILES string of the molecule is CC(C)Oc1nc(N2CCN(C(=O)N3CCOCC3)CC2CO)ccc1NC(=O)c1coc2c1C(=O)NC(C)(C)C2. The Kier molecular flexibility index (Phi) is 8.09. The van der Waals surface area contributed by atoms with E-state index in [9.17, 15) is 19.5 Å². The summed E-state index contributed by atoms with van der Waals surface area (Å²) in [6, 6.07) is 3.01. The minimum Gasteiger partial charge on any atom is -0.473 e. The van der Waals surface area contributed by atoms with E-state index >= 15 is 0 Å². The number of carbonyl (C=O) groups is 3. The fraction of sp³-hybridized carbons (Fsp3) is 0.571. The van der Waals surface area contributed by atoms with E-state index in [0.29, 0.717) is 69.6 Å². The molecule has 13 heteroatoms. The Morgan fingerprint density at radius 1 is 1.20 bits per heavy atom. The maximum Gasteiger partial charge on any atom is 0.320 e. The molecule has 5 rings (SSSR count). The van der Waals surface area contributed by atoms with Crippen LogP contribution in [0.3, 0.4) is 0 Å². The van der Waals surface area contributed by atoms with Crippen molar-refractivity contribution in [3.63, 3.8) is 0 Å². The number of pyridine rings is 1. The number of urea groups is 1. The van der Waals surface area contributed by atoms with Crippen LogP contribution in [0.1, 0.15) is 54.2 Å². The van der Waals surface area contributed by atoms with Gasteiger partial charge in [-0.1, -0.05) is 0 Å². The zero-order valence-corrected chi connectivity index (χ0v) is 23.9. The first-order valence-corrected chi connectivity index (χ1v) is 14.0. The summed E-state index contributed by atoms with van der Waals surface area (Å²) in [6.07, 6.45) is 1.53. The minimum absolute atomic E-state index is 0.0556. The zero-order chi connectivity index (χ0) is 29.3. The molecule has 0 aliphatic carbocycles. The molecule has 1 unspecified atom stereocenters. The molecule has 0 bridgehead atoms. The quantitative estimate of drug-likeness (QED) is 0.472. The highest BCUT2D eigenvalue weighted by Crippen LogP contribution is 2.31. The molecule has 4 amide bonds. The first kappa shape index (κ1) is 28.7. The van der Waals surface area contributed by atoms with Crippen molar-refractivity contribution in [2.75, 3.05) is 62.8 Å². The third-order valence-corrected chi connectivity index (χ3v) is 7.37. The Bertz CT molecular complexity index is 1300. The second-order valence-corrected chi connectivity index (χ2v) is 11.5. The van der Waals surface area contributed by atoms with E-state index in [1.54, 1.807) is 21.9 Å². The van der Waals surface area contributed by atoms with Gasteiger partial charge in [0.2, 0.25) is 5.88 Å². The molecule has 222 valence electrons. The number of nitrogens with zero attached hydrogens (tertiary/aromatic N) is 4. The van der Waals surface area contributed by atoms with Crippen LogP contribution in [0.25, 0.3) is 0 Å². The van der Waals surface area contributed by atoms with Gasteiger partial charge in [-0.15, -0.1) is 0 Å². The summed E-state index contributed by atoms with van der Waals surface area (Å²) in [4.78, 5) is 49.2. The molecule has 0 aromatic carbocycles. The maximum absolute atomic E-state index is 13.3. The Balaban J connectivity index is 1.34. The van der Waals surface area contributed by atoms with Gasteiger partial charge in [0, 0.05) is 44.7 Å². The van der Waals surface area contributed by atoms with Gasteiger partial charge in [-0.05, 0) is 39.8 Å². The van der Waals surface area contributed by atoms with Crippen molar-refractivity contribution in [2.45, 2.75) is 51.8 Å². The van der Waals surface area contributed by atoms with Gasteiger partial charge in [0.05, 0.1) is 43.1 Å². The lowest BCUT2D eigenvalue weighted by Gasteiger charge is -2.43. The molecule has 13 nitrogen and oxygen atoms in total. The first-order chi connectivity index (χ1) is 19.6. The number of fused-ring (bicyclic) bond motifs is 1. The van der Waals surface area contributed by atoms with Gasteiger partial charge in [-0.25, -0.2) is 4.79 Å². The van der Waals surface area contributed by atoms with Crippen molar-refractivity contribution < 1.29 is 33.4 Å². The van der Waals surface area contributed by atoms with Crippen molar-refractivity contribution >= 4 is 29.4 Å². The number of hydrogen-bond donors (Lipinski definition) is 3. The van der Waals surface area contributed by atoms with Gasteiger partial charge in [-0.2, -0.15) is 4.98 Å². The Morgan fingerprint density at radius 2 is 1.95 bits per heavy atom. The van der Waals surface area contributed by atoms with E-state index in [1.165, 1.54) is 6.26 Å². The summed E-state index contributed by atoms with van der Waals surface area (Å²) in [5, 5.41) is 15.9. The van der Waals surface area contributed by atoms with Crippen molar-refractivity contribution in [3.05, 3.63) is 35.3 Å². The summed E-state index contributed by atoms with van der Waals surface area (Å²) < 4.78 is 16.9. The normalized spacial score (nSPS) is 20.5. The van der Waals surface area contributed by atoms with Crippen LogP contribution in [0.4, 0.5) is 16.3 Å². The van der Waals surface area contributed by atoms with Crippen molar-refractivity contribution in [3.8, 4) is 5.88 Å². The molecule has 2 fully saturated rings. The van der Waals surface area contributed by atoms with E-state index in [2.05, 4.69) is 10.6 Å². The van der Waals surface area contributed by atoms with Crippen LogP contribution in [0, 0.1) is 0 Å². The number of rotatable bonds is 6. The minimum atomic E-state index is -0.517. The molecule has 0 radical (unpaired) electrons. The molecule has 3 N–H and O–H groups in total. The number of aliphatic hydroxyl groups excluding tert-OH is 1. The lowest BCUT2D eigenvalue weighted by molar-refractivity contribution is 0.0406. The number of anilines is 2. The Hall–Kier alpha value is -3.84. The highest BCUT2D eigenvalue weighted by Gasteiger charge is 2.37. The topological polar surface area (TPSA) is 150 Å². The molecule has 5 heterocycles. The zero-order valence-electron chi connectivity index (χ0n) is 23.9. The summed E-state index contributed by atoms with van der Waals surface area (Å²) >= 11 is 0. The summed E-state index contributed by atoms with van der Waals surface area (Å²) in [6.45, 7) is 10.8. The lowest BCUT2D eigenvalue weighted by atomic mass is 9.91. The molecule has 3 aliphatic rings. The number of nitrogens with one attached hydrogen (secondary N) is 2. The third kappa shape index (κ3) is 6.10. The van der Waals surface area contributed by atoms with Gasteiger partial charge in [0.1, 0.15) is 23.5 Å². The number of ether oxygens (including phenoxy) is 2. The Labute approximate surface area is 238 Å². The van der Waals surface area contributed by atoms with Crippen LogP contribution >= 0.6 is 0 Å². The molecule has 1 atom stereocenters. The van der Waals surface area contributed by atoms with Crippen molar-refractivity contribution in [2.24, 2.45) is 0 Å². The number of furan rings is 1. The molecule has 0 spiro atoms. The Morgan fingerprint density at radius 3 is 2.66 bits per heavy atom. The summed E-state index contributed by atoms with van der Waals surface area (Å²) in [5.74, 6) is 0.355. The second-order valence-electron chi connectivity index (χ2n) is 11.5. The van der Waals surface area contributed by atoms with Gasteiger partial charge < -0.3 is 44.3 Å². The van der Waals surface area contributed by atoms with E-state index in [1.807, 2.05) is 32.6 Å². The number of aromatic nitrogens is 1. The van der Waals surface area contributed by atoms with E-state index in [-0.39, 0.29) is 47.7 Å². The average Bonchev–Trinajstić information content (AvgIpc) is 3.36. The van der Waals surface area contributed by atoms with Gasteiger partial charge in [0.15, 0.2) is 0 Å². The molecular formula is C28H38N6O7. The smallest absolute Gasteiger partial charge is 0.320 e. The second kappa shape index (κ2) is 11.6. The van der Waals surface area contributed by atoms with Gasteiger partial charge in [0.25, 0.3) is 11.8 Å². The largest absolute Gasteiger partial charge is 0.473 e. The average molecular weight is 571 g/mol. The predicted molar refractivity (Wildman–Crippen MR) is 149 cm³/mol. The first-order valence-electron chi connectivity index (χ1n) is 14.0. The van der Waals surface area contributed by atoms with Crippen LogP contribution in [-0.4, -0.2) is 108 Å². The van der Waals surface area contributed by atoms with E-state index < -0.39 is 11.4 Å². The predicted octanol–water partition coefficient (Wildman–Crippen LogP) is 1.71.